The monoisotopic (exact) mass is 226 g/mol. The van der Waals surface area contributed by atoms with Gasteiger partial charge < -0.3 is 10.2 Å². The number of aliphatic carboxylic acids is 1. The van der Waals surface area contributed by atoms with E-state index in [0.29, 0.717) is 12.0 Å². The second kappa shape index (κ2) is 4.96. The lowest BCUT2D eigenvalue weighted by molar-refractivity contribution is -0.141. The molecule has 0 aliphatic heterocycles. The Balaban J connectivity index is 3.04. The minimum absolute atomic E-state index is 0.219. The highest BCUT2D eigenvalue weighted by molar-refractivity contribution is 5.71. The number of hydrogen-bond donors (Lipinski definition) is 2. The van der Waals surface area contributed by atoms with Gasteiger partial charge in [-0.15, -0.1) is 0 Å². The summed E-state index contributed by atoms with van der Waals surface area (Å²) < 4.78 is 12.9. The van der Waals surface area contributed by atoms with Crippen LogP contribution in [-0.2, 0) is 4.79 Å². The van der Waals surface area contributed by atoms with Crippen molar-refractivity contribution in [3.8, 4) is 5.75 Å². The lowest BCUT2D eigenvalue weighted by atomic mass is 9.85. The van der Waals surface area contributed by atoms with Gasteiger partial charge in [-0.1, -0.05) is 19.9 Å². The predicted molar refractivity (Wildman–Crippen MR) is 57.9 cm³/mol. The van der Waals surface area contributed by atoms with Crippen molar-refractivity contribution in [3.05, 3.63) is 29.6 Å². The zero-order valence-electron chi connectivity index (χ0n) is 9.27. The van der Waals surface area contributed by atoms with Crippen LogP contribution in [0, 0.1) is 11.7 Å². The van der Waals surface area contributed by atoms with Crippen LogP contribution in [0.15, 0.2) is 18.2 Å². The number of benzene rings is 1. The molecule has 0 fully saturated rings. The van der Waals surface area contributed by atoms with E-state index in [1.807, 2.05) is 6.92 Å². The van der Waals surface area contributed by atoms with Crippen LogP contribution in [0.25, 0.3) is 0 Å². The molecule has 16 heavy (non-hydrogen) atoms. The maximum absolute atomic E-state index is 12.9. The maximum atomic E-state index is 12.9. The third-order valence-corrected chi connectivity index (χ3v) is 2.83. The number of phenolic OH excluding ortho intramolecular Hbond substituents is 1. The number of phenols is 1. The SMILES string of the molecule is CC[C@H](c1ccc(F)c(O)c1)C(C)C(=O)O. The van der Waals surface area contributed by atoms with Crippen LogP contribution in [0.5, 0.6) is 5.75 Å². The van der Waals surface area contributed by atoms with Gasteiger partial charge in [0.2, 0.25) is 0 Å². The van der Waals surface area contributed by atoms with Gasteiger partial charge in [-0.05, 0) is 30.0 Å². The Morgan fingerprint density at radius 2 is 2.12 bits per heavy atom. The first-order chi connectivity index (χ1) is 7.47. The Morgan fingerprint density at radius 1 is 1.50 bits per heavy atom. The highest BCUT2D eigenvalue weighted by atomic mass is 19.1. The first kappa shape index (κ1) is 12.5. The second-order valence-electron chi connectivity index (χ2n) is 3.85. The Bertz CT molecular complexity index is 390. The summed E-state index contributed by atoms with van der Waals surface area (Å²) >= 11 is 0. The molecule has 1 aromatic rings. The highest BCUT2D eigenvalue weighted by Gasteiger charge is 2.24. The third kappa shape index (κ3) is 2.51. The topological polar surface area (TPSA) is 57.5 Å². The summed E-state index contributed by atoms with van der Waals surface area (Å²) in [5.41, 5.74) is 0.649. The van der Waals surface area contributed by atoms with Gasteiger partial charge in [0.1, 0.15) is 0 Å². The van der Waals surface area contributed by atoms with Crippen molar-refractivity contribution in [2.75, 3.05) is 0 Å². The highest BCUT2D eigenvalue weighted by Crippen LogP contribution is 2.31. The fraction of sp³-hybridized carbons (Fsp3) is 0.417. The van der Waals surface area contributed by atoms with E-state index < -0.39 is 23.5 Å². The molecular formula is C12H15FO3. The predicted octanol–water partition coefficient (Wildman–Crippen LogP) is 2.75. The Kier molecular flexibility index (Phi) is 3.88. The Hall–Kier alpha value is -1.58. The number of hydrogen-bond acceptors (Lipinski definition) is 2. The number of aromatic hydroxyl groups is 1. The molecule has 0 aliphatic rings. The van der Waals surface area contributed by atoms with Crippen LogP contribution in [-0.4, -0.2) is 16.2 Å². The molecule has 4 heteroatoms. The maximum Gasteiger partial charge on any atom is 0.306 e. The van der Waals surface area contributed by atoms with Gasteiger partial charge in [-0.2, -0.15) is 0 Å². The molecule has 0 heterocycles. The van der Waals surface area contributed by atoms with Gasteiger partial charge in [0.05, 0.1) is 5.92 Å². The molecule has 0 aliphatic carbocycles. The molecule has 0 saturated carbocycles. The van der Waals surface area contributed by atoms with E-state index in [-0.39, 0.29) is 5.92 Å². The van der Waals surface area contributed by atoms with Gasteiger partial charge in [-0.25, -0.2) is 4.39 Å². The normalized spacial score (nSPS) is 14.4. The first-order valence-electron chi connectivity index (χ1n) is 5.18. The summed E-state index contributed by atoms with van der Waals surface area (Å²) in [6, 6.07) is 3.97. The van der Waals surface area contributed by atoms with E-state index in [1.54, 1.807) is 6.92 Å². The molecular weight excluding hydrogens is 211 g/mol. The smallest absolute Gasteiger partial charge is 0.306 e. The second-order valence-corrected chi connectivity index (χ2v) is 3.85. The Morgan fingerprint density at radius 3 is 2.56 bits per heavy atom. The fourth-order valence-corrected chi connectivity index (χ4v) is 1.81. The van der Waals surface area contributed by atoms with Crippen molar-refractivity contribution in [1.29, 1.82) is 0 Å². The van der Waals surface area contributed by atoms with Crippen LogP contribution in [0.1, 0.15) is 31.7 Å². The van der Waals surface area contributed by atoms with Crippen molar-refractivity contribution in [2.45, 2.75) is 26.2 Å². The van der Waals surface area contributed by atoms with Gasteiger partial charge in [-0.3, -0.25) is 4.79 Å². The number of carboxylic acid groups (broad SMARTS) is 1. The molecule has 0 spiro atoms. The van der Waals surface area contributed by atoms with Crippen LogP contribution in [0.3, 0.4) is 0 Å². The van der Waals surface area contributed by atoms with E-state index in [0.717, 1.165) is 6.07 Å². The molecule has 0 aromatic heterocycles. The lowest BCUT2D eigenvalue weighted by Crippen LogP contribution is -2.18. The molecule has 0 bridgehead atoms. The van der Waals surface area contributed by atoms with Crippen molar-refractivity contribution in [3.63, 3.8) is 0 Å². The van der Waals surface area contributed by atoms with Crippen LogP contribution in [0.4, 0.5) is 4.39 Å². The molecule has 2 N–H and O–H groups in total. The van der Waals surface area contributed by atoms with Crippen molar-refractivity contribution in [1.82, 2.24) is 0 Å². The average molecular weight is 226 g/mol. The lowest BCUT2D eigenvalue weighted by Gasteiger charge is -2.19. The summed E-state index contributed by atoms with van der Waals surface area (Å²) in [6.07, 6.45) is 0.624. The summed E-state index contributed by atoms with van der Waals surface area (Å²) in [5, 5.41) is 18.2. The molecule has 1 unspecified atom stereocenters. The molecule has 2 atom stereocenters. The van der Waals surface area contributed by atoms with Crippen LogP contribution >= 0.6 is 0 Å². The van der Waals surface area contributed by atoms with Crippen molar-refractivity contribution >= 4 is 5.97 Å². The quantitative estimate of drug-likeness (QED) is 0.829. The largest absolute Gasteiger partial charge is 0.505 e. The first-order valence-corrected chi connectivity index (χ1v) is 5.18. The van der Waals surface area contributed by atoms with E-state index in [9.17, 15) is 14.3 Å². The summed E-state index contributed by atoms with van der Waals surface area (Å²) in [6.45, 7) is 3.47. The minimum atomic E-state index is -0.893. The van der Waals surface area contributed by atoms with E-state index in [1.165, 1.54) is 12.1 Å². The van der Waals surface area contributed by atoms with Crippen LogP contribution in [0.2, 0.25) is 0 Å². The standard InChI is InChI=1S/C12H15FO3/c1-3-9(7(2)12(15)16)8-4-5-10(13)11(14)6-8/h4-7,9,14H,3H2,1-2H3,(H,15,16)/t7?,9-/m0/s1. The molecule has 0 saturated heterocycles. The fourth-order valence-electron chi connectivity index (χ4n) is 1.81. The Labute approximate surface area is 93.5 Å². The van der Waals surface area contributed by atoms with Crippen LogP contribution < -0.4 is 0 Å². The molecule has 0 amide bonds. The summed E-state index contributed by atoms with van der Waals surface area (Å²) in [4.78, 5) is 10.9. The van der Waals surface area contributed by atoms with Gasteiger partial charge in [0.25, 0.3) is 0 Å². The molecule has 3 nitrogen and oxygen atoms in total. The molecule has 1 aromatic carbocycles. The number of halogens is 1. The van der Waals surface area contributed by atoms with Gasteiger partial charge in [0, 0.05) is 0 Å². The minimum Gasteiger partial charge on any atom is -0.505 e. The zero-order chi connectivity index (χ0) is 12.3. The zero-order valence-corrected chi connectivity index (χ0v) is 9.27. The number of carbonyl (C=O) groups is 1. The van der Waals surface area contributed by atoms with Crippen molar-refractivity contribution in [2.24, 2.45) is 5.92 Å². The molecule has 1 rings (SSSR count). The number of carboxylic acids is 1. The summed E-state index contributed by atoms with van der Waals surface area (Å²) in [7, 11) is 0. The van der Waals surface area contributed by atoms with Crippen molar-refractivity contribution < 1.29 is 19.4 Å². The van der Waals surface area contributed by atoms with E-state index in [4.69, 9.17) is 5.11 Å². The third-order valence-electron chi connectivity index (χ3n) is 2.83. The van der Waals surface area contributed by atoms with Gasteiger partial charge in [0.15, 0.2) is 11.6 Å². The van der Waals surface area contributed by atoms with Gasteiger partial charge >= 0.3 is 5.97 Å². The number of rotatable bonds is 4. The molecule has 88 valence electrons. The summed E-state index contributed by atoms with van der Waals surface area (Å²) in [5.74, 6) is -2.80. The van der Waals surface area contributed by atoms with E-state index in [2.05, 4.69) is 0 Å². The van der Waals surface area contributed by atoms with E-state index >= 15 is 0 Å². The average Bonchev–Trinajstić information content (AvgIpc) is 2.24. The molecule has 0 radical (unpaired) electrons.